The van der Waals surface area contributed by atoms with Gasteiger partial charge < -0.3 is 19.5 Å². The summed E-state index contributed by atoms with van der Waals surface area (Å²) in [6.07, 6.45) is 5.66. The highest BCUT2D eigenvalue weighted by Gasteiger charge is 2.54. The maximum atomic E-state index is 12.6. The average molecular weight is 400 g/mol. The number of nitrogens with one attached hydrogen (secondary N) is 1. The fraction of sp³-hybridized carbons (Fsp3) is 0.625. The van der Waals surface area contributed by atoms with Crippen LogP contribution in [0.2, 0.25) is 0 Å². The minimum absolute atomic E-state index is 0.0346. The van der Waals surface area contributed by atoms with Crippen molar-refractivity contribution in [2.45, 2.75) is 51.7 Å². The van der Waals surface area contributed by atoms with Crippen molar-refractivity contribution in [2.24, 2.45) is 23.2 Å². The number of allylic oxidation sites excluding steroid dienone is 1. The molecule has 1 aromatic rings. The lowest BCUT2D eigenvalue weighted by molar-refractivity contribution is -0.146. The molecule has 1 N–H and O–H groups in total. The number of rotatable bonds is 6. The number of methoxy groups -OCH3 is 2. The first kappa shape index (κ1) is 20.3. The highest BCUT2D eigenvalue weighted by atomic mass is 16.6. The van der Waals surface area contributed by atoms with Gasteiger partial charge in [0.15, 0.2) is 11.5 Å². The van der Waals surface area contributed by atoms with Crippen LogP contribution in [-0.4, -0.2) is 32.8 Å². The second kappa shape index (κ2) is 8.02. The molecule has 4 rings (SSSR count). The lowest BCUT2D eigenvalue weighted by atomic mass is 9.55. The second-order valence-corrected chi connectivity index (χ2v) is 9.22. The van der Waals surface area contributed by atoms with E-state index in [1.807, 2.05) is 18.2 Å². The zero-order valence-corrected chi connectivity index (χ0v) is 17.8. The first-order valence-corrected chi connectivity index (χ1v) is 10.7. The van der Waals surface area contributed by atoms with Gasteiger partial charge in [-0.05, 0) is 61.1 Å². The van der Waals surface area contributed by atoms with Crippen molar-refractivity contribution in [3.05, 3.63) is 35.9 Å². The van der Waals surface area contributed by atoms with Crippen molar-refractivity contribution < 1.29 is 19.0 Å². The zero-order valence-electron chi connectivity index (χ0n) is 17.8. The van der Waals surface area contributed by atoms with Crippen molar-refractivity contribution in [1.82, 2.24) is 5.32 Å². The quantitative estimate of drug-likeness (QED) is 0.576. The molecule has 5 nitrogen and oxygen atoms in total. The summed E-state index contributed by atoms with van der Waals surface area (Å²) in [4.78, 5) is 12.6. The number of carbonyl (C=O) groups is 1. The monoisotopic (exact) mass is 399 g/mol. The molecule has 2 saturated carbocycles. The first-order valence-electron chi connectivity index (χ1n) is 10.7. The highest BCUT2D eigenvalue weighted by Crippen LogP contribution is 2.56. The predicted octanol–water partition coefficient (Wildman–Crippen LogP) is 4.11. The van der Waals surface area contributed by atoms with E-state index in [1.165, 1.54) is 18.4 Å². The summed E-state index contributed by atoms with van der Waals surface area (Å²) >= 11 is 0. The van der Waals surface area contributed by atoms with Gasteiger partial charge >= 0.3 is 5.97 Å². The molecule has 5 heteroatoms. The van der Waals surface area contributed by atoms with Gasteiger partial charge in [-0.3, -0.25) is 4.79 Å². The highest BCUT2D eigenvalue weighted by molar-refractivity contribution is 5.75. The molecule has 1 aromatic carbocycles. The standard InChI is InChI=1S/C24H33NO4/c1-15-6-5-9-24(2)12-22-17(11-19(15)24)18(23(26)29-22)14-25-13-16-7-8-20(27-3)21(10-16)28-4/h7-8,10,17-19,22,25H,1,5-6,9,11-14H2,2-4H3/t17-,18-,19+,22+,24-/m0/s1. The lowest BCUT2D eigenvalue weighted by Crippen LogP contribution is -2.45. The molecule has 2 aliphatic carbocycles. The number of benzene rings is 1. The zero-order chi connectivity index (χ0) is 20.6. The average Bonchev–Trinajstić information content (AvgIpc) is 3.00. The molecular formula is C24H33NO4. The molecule has 158 valence electrons. The van der Waals surface area contributed by atoms with E-state index in [9.17, 15) is 4.79 Å². The SMILES string of the molecule is C=C1CCC[C@@]2(C)C[C@H]3OC(=O)[C@@H](CNCc4ccc(OC)c(OC)c4)[C@@H]3C[C@H]12. The number of hydrogen-bond acceptors (Lipinski definition) is 5. The third-order valence-electron chi connectivity index (χ3n) is 7.46. The summed E-state index contributed by atoms with van der Waals surface area (Å²) in [7, 11) is 3.27. The van der Waals surface area contributed by atoms with E-state index in [2.05, 4.69) is 18.8 Å². The lowest BCUT2D eigenvalue weighted by Gasteiger charge is -2.50. The van der Waals surface area contributed by atoms with Crippen LogP contribution >= 0.6 is 0 Å². The predicted molar refractivity (Wildman–Crippen MR) is 112 cm³/mol. The van der Waals surface area contributed by atoms with Gasteiger partial charge in [0.2, 0.25) is 0 Å². The van der Waals surface area contributed by atoms with Crippen LogP contribution in [-0.2, 0) is 16.1 Å². The Morgan fingerprint density at radius 2 is 2.07 bits per heavy atom. The Hall–Kier alpha value is -2.01. The van der Waals surface area contributed by atoms with Gasteiger partial charge in [0.25, 0.3) is 0 Å². The Labute approximate surface area is 173 Å². The van der Waals surface area contributed by atoms with E-state index in [1.54, 1.807) is 14.2 Å². The van der Waals surface area contributed by atoms with Crippen LogP contribution < -0.4 is 14.8 Å². The largest absolute Gasteiger partial charge is 0.493 e. The number of ether oxygens (including phenoxy) is 3. The van der Waals surface area contributed by atoms with Crippen molar-refractivity contribution in [2.75, 3.05) is 20.8 Å². The van der Waals surface area contributed by atoms with E-state index < -0.39 is 0 Å². The van der Waals surface area contributed by atoms with Gasteiger partial charge in [0, 0.05) is 19.0 Å². The van der Waals surface area contributed by atoms with E-state index in [0.717, 1.165) is 36.3 Å². The summed E-state index contributed by atoms with van der Waals surface area (Å²) in [6.45, 7) is 8.06. The molecule has 5 atom stereocenters. The summed E-state index contributed by atoms with van der Waals surface area (Å²) in [5.74, 6) is 2.16. The smallest absolute Gasteiger partial charge is 0.310 e. The molecule has 1 aliphatic heterocycles. The Bertz CT molecular complexity index is 791. The topological polar surface area (TPSA) is 56.8 Å². The van der Waals surface area contributed by atoms with Crippen LogP contribution in [0.3, 0.4) is 0 Å². The molecule has 0 bridgehead atoms. The van der Waals surface area contributed by atoms with Gasteiger partial charge in [0.1, 0.15) is 6.10 Å². The third kappa shape index (κ3) is 3.77. The van der Waals surface area contributed by atoms with Crippen LogP contribution in [0.15, 0.2) is 30.4 Å². The first-order chi connectivity index (χ1) is 13.9. The van der Waals surface area contributed by atoms with Crippen LogP contribution in [0.25, 0.3) is 0 Å². The van der Waals surface area contributed by atoms with E-state index >= 15 is 0 Å². The minimum atomic E-state index is -0.0700. The van der Waals surface area contributed by atoms with E-state index in [4.69, 9.17) is 14.2 Å². The molecule has 29 heavy (non-hydrogen) atoms. The molecule has 3 aliphatic rings. The number of esters is 1. The van der Waals surface area contributed by atoms with Crippen LogP contribution in [0, 0.1) is 23.2 Å². The molecule has 1 heterocycles. The molecule has 0 amide bonds. The van der Waals surface area contributed by atoms with E-state index in [0.29, 0.717) is 24.9 Å². The van der Waals surface area contributed by atoms with Crippen molar-refractivity contribution >= 4 is 5.97 Å². The molecule has 0 aromatic heterocycles. The van der Waals surface area contributed by atoms with Crippen molar-refractivity contribution in [1.29, 1.82) is 0 Å². The minimum Gasteiger partial charge on any atom is -0.493 e. The van der Waals surface area contributed by atoms with E-state index in [-0.39, 0.29) is 23.4 Å². The molecule has 3 fully saturated rings. The van der Waals surface area contributed by atoms with Gasteiger partial charge in [-0.2, -0.15) is 0 Å². The van der Waals surface area contributed by atoms with Gasteiger partial charge in [-0.25, -0.2) is 0 Å². The van der Waals surface area contributed by atoms with Crippen LogP contribution in [0.4, 0.5) is 0 Å². The van der Waals surface area contributed by atoms with Gasteiger partial charge in [-0.15, -0.1) is 0 Å². The Kier molecular flexibility index (Phi) is 5.60. The molecule has 1 saturated heterocycles. The number of hydrogen-bond donors (Lipinski definition) is 1. The molecule has 0 spiro atoms. The fourth-order valence-corrected chi connectivity index (χ4v) is 5.85. The molecule has 0 radical (unpaired) electrons. The third-order valence-corrected chi connectivity index (χ3v) is 7.46. The number of carbonyl (C=O) groups excluding carboxylic acids is 1. The normalized spacial score (nSPS) is 33.6. The fourth-order valence-electron chi connectivity index (χ4n) is 5.85. The summed E-state index contributed by atoms with van der Waals surface area (Å²) in [6, 6.07) is 5.90. The van der Waals surface area contributed by atoms with Crippen LogP contribution in [0.1, 0.15) is 44.6 Å². The summed E-state index contributed by atoms with van der Waals surface area (Å²) in [5.41, 5.74) is 2.73. The Balaban J connectivity index is 1.39. The summed E-state index contributed by atoms with van der Waals surface area (Å²) in [5, 5.41) is 3.47. The maximum Gasteiger partial charge on any atom is 0.310 e. The Morgan fingerprint density at radius 3 is 2.83 bits per heavy atom. The maximum absolute atomic E-state index is 12.6. The van der Waals surface area contributed by atoms with Crippen LogP contribution in [0.5, 0.6) is 11.5 Å². The Morgan fingerprint density at radius 1 is 1.28 bits per heavy atom. The second-order valence-electron chi connectivity index (χ2n) is 9.22. The van der Waals surface area contributed by atoms with Crippen molar-refractivity contribution in [3.8, 4) is 11.5 Å². The van der Waals surface area contributed by atoms with Crippen molar-refractivity contribution in [3.63, 3.8) is 0 Å². The van der Waals surface area contributed by atoms with Gasteiger partial charge in [0.05, 0.1) is 20.1 Å². The molecule has 0 unspecified atom stereocenters. The van der Waals surface area contributed by atoms with Gasteiger partial charge in [-0.1, -0.05) is 25.1 Å². The molecular weight excluding hydrogens is 366 g/mol. The summed E-state index contributed by atoms with van der Waals surface area (Å²) < 4.78 is 16.5. The number of fused-ring (bicyclic) bond motifs is 2.